The second-order valence-corrected chi connectivity index (χ2v) is 8.58. The number of halogens is 16. The number of alkyl halides is 6. The van der Waals surface area contributed by atoms with Crippen LogP contribution in [0, 0.1) is 58.2 Å². The average molecular weight is 642 g/mol. The Morgan fingerprint density at radius 2 is 0.762 bits per heavy atom. The molecule has 2 fully saturated rings. The van der Waals surface area contributed by atoms with Gasteiger partial charge < -0.3 is 18.9 Å². The van der Waals surface area contributed by atoms with Gasteiger partial charge in [-0.3, -0.25) is 0 Å². The summed E-state index contributed by atoms with van der Waals surface area (Å²) in [6.07, 6.45) is -22.2. The van der Waals surface area contributed by atoms with Gasteiger partial charge in [0.05, 0.1) is 24.3 Å². The Kier molecular flexibility index (Phi) is 7.32. The number of benzene rings is 2. The van der Waals surface area contributed by atoms with E-state index in [4.69, 9.17) is 0 Å². The van der Waals surface area contributed by atoms with Crippen LogP contribution in [0.2, 0.25) is 0 Å². The lowest BCUT2D eigenvalue weighted by Crippen LogP contribution is -2.68. The first kappa shape index (κ1) is 31.4. The van der Waals surface area contributed by atoms with Crippen LogP contribution in [0.15, 0.2) is 0 Å². The molecule has 5 nitrogen and oxygen atoms in total. The molecule has 232 valence electrons. The lowest BCUT2D eigenvalue weighted by molar-refractivity contribution is -0.393. The fourth-order valence-corrected chi connectivity index (χ4v) is 4.03. The summed E-state index contributed by atoms with van der Waals surface area (Å²) < 4.78 is 237. The highest BCUT2D eigenvalue weighted by molar-refractivity contribution is 5.63. The van der Waals surface area contributed by atoms with E-state index in [1.165, 1.54) is 0 Å². The van der Waals surface area contributed by atoms with Crippen LogP contribution in [0.25, 0.3) is 0 Å². The van der Waals surface area contributed by atoms with Crippen molar-refractivity contribution >= 4 is 6.16 Å². The molecule has 2 aromatic carbocycles. The van der Waals surface area contributed by atoms with Gasteiger partial charge in [-0.2, -0.15) is 26.3 Å². The van der Waals surface area contributed by atoms with E-state index in [0.717, 1.165) is 0 Å². The maximum Gasteiger partial charge on any atom is 0.510 e. The first-order valence-electron chi connectivity index (χ1n) is 10.5. The molecule has 21 heteroatoms. The average Bonchev–Trinajstić information content (AvgIpc) is 2.87. The third-order valence-electron chi connectivity index (χ3n) is 6.28. The number of hydrogen-bond acceptors (Lipinski definition) is 5. The molecule has 42 heavy (non-hydrogen) atoms. The number of carbonyl (C=O) groups excluding carboxylic acids is 1. The minimum absolute atomic E-state index is 2.02. The highest BCUT2D eigenvalue weighted by Gasteiger charge is 2.74. The number of carbonyl (C=O) groups is 1. The van der Waals surface area contributed by atoms with Gasteiger partial charge in [0.2, 0.25) is 11.6 Å². The molecule has 0 aromatic heterocycles. The van der Waals surface area contributed by atoms with Crippen LogP contribution < -0.4 is 0 Å². The number of ether oxygens (including phenoxy) is 4. The van der Waals surface area contributed by atoms with Crippen molar-refractivity contribution in [2.24, 2.45) is 0 Å². The van der Waals surface area contributed by atoms with E-state index in [-0.39, 0.29) is 0 Å². The van der Waals surface area contributed by atoms with E-state index in [9.17, 15) is 75.0 Å². The van der Waals surface area contributed by atoms with E-state index in [2.05, 4.69) is 18.9 Å². The molecule has 2 aliphatic heterocycles. The molecule has 2 aliphatic rings. The first-order valence-corrected chi connectivity index (χ1v) is 10.5. The molecule has 0 saturated carbocycles. The third kappa shape index (κ3) is 4.21. The van der Waals surface area contributed by atoms with Crippen LogP contribution in [0.3, 0.4) is 0 Å². The normalized spacial score (nSPS) is 26.0. The molecule has 4 atom stereocenters. The number of rotatable bonds is 4. The van der Waals surface area contributed by atoms with Crippen LogP contribution in [-0.4, -0.2) is 42.9 Å². The Labute approximate surface area is 219 Å². The monoisotopic (exact) mass is 642 g/mol. The predicted molar refractivity (Wildman–Crippen MR) is 95.0 cm³/mol. The van der Waals surface area contributed by atoms with Crippen molar-refractivity contribution in [1.82, 2.24) is 0 Å². The Morgan fingerprint density at radius 1 is 0.524 bits per heavy atom. The van der Waals surface area contributed by atoms with Crippen molar-refractivity contribution in [3.8, 4) is 0 Å². The van der Waals surface area contributed by atoms with Crippen molar-refractivity contribution in [2.75, 3.05) is 13.2 Å². The zero-order valence-electron chi connectivity index (χ0n) is 19.2. The molecule has 4 unspecified atom stereocenters. The Hall–Kier alpha value is -3.49. The SMILES string of the molecule is O=C(OC1(C(F)(F)F)COC1c1c(F)c(F)c(F)c(F)c1F)OC1(C(F)(F)F)COC1c1c(F)c(F)c(F)c(F)c1F. The molecule has 4 rings (SSSR count). The maximum absolute atomic E-state index is 14.2. The molecule has 0 aliphatic carbocycles. The minimum atomic E-state index is -6.11. The maximum atomic E-state index is 14.2. The van der Waals surface area contributed by atoms with Gasteiger partial charge in [0.1, 0.15) is 12.2 Å². The molecular weight excluding hydrogens is 636 g/mol. The van der Waals surface area contributed by atoms with E-state index < -0.39 is 124 Å². The van der Waals surface area contributed by atoms with Gasteiger partial charge in [0.25, 0.3) is 11.2 Å². The predicted octanol–water partition coefficient (Wildman–Crippen LogP) is 6.68. The van der Waals surface area contributed by atoms with Crippen LogP contribution in [0.5, 0.6) is 0 Å². The second kappa shape index (κ2) is 9.78. The highest BCUT2D eigenvalue weighted by Crippen LogP contribution is 2.56. The summed E-state index contributed by atoms with van der Waals surface area (Å²) in [6.45, 7) is -4.04. The third-order valence-corrected chi connectivity index (χ3v) is 6.28. The van der Waals surface area contributed by atoms with Crippen LogP contribution in [-0.2, 0) is 18.9 Å². The van der Waals surface area contributed by atoms with E-state index in [1.54, 1.807) is 0 Å². The molecular formula is C21H6F16O5. The largest absolute Gasteiger partial charge is 0.510 e. The molecule has 2 heterocycles. The van der Waals surface area contributed by atoms with E-state index in [0.29, 0.717) is 0 Å². The molecule has 0 radical (unpaired) electrons. The quantitative estimate of drug-likeness (QED) is 0.161. The molecule has 2 saturated heterocycles. The van der Waals surface area contributed by atoms with Crippen LogP contribution >= 0.6 is 0 Å². The van der Waals surface area contributed by atoms with Crippen LogP contribution in [0.1, 0.15) is 23.3 Å². The van der Waals surface area contributed by atoms with Gasteiger partial charge in [0.15, 0.2) is 46.5 Å². The zero-order valence-corrected chi connectivity index (χ0v) is 19.2. The lowest BCUT2D eigenvalue weighted by atomic mass is 9.84. The van der Waals surface area contributed by atoms with Crippen molar-refractivity contribution < 1.29 is 94.0 Å². The minimum Gasteiger partial charge on any atom is -0.412 e. The van der Waals surface area contributed by atoms with Crippen molar-refractivity contribution in [2.45, 2.75) is 35.8 Å². The molecule has 2 aromatic rings. The molecule has 0 N–H and O–H groups in total. The van der Waals surface area contributed by atoms with Gasteiger partial charge in [0, 0.05) is 0 Å². The van der Waals surface area contributed by atoms with Crippen molar-refractivity contribution in [3.63, 3.8) is 0 Å². The van der Waals surface area contributed by atoms with Crippen molar-refractivity contribution in [1.29, 1.82) is 0 Å². The van der Waals surface area contributed by atoms with Gasteiger partial charge in [-0.1, -0.05) is 0 Å². The van der Waals surface area contributed by atoms with E-state index in [1.807, 2.05) is 0 Å². The summed E-state index contributed by atoms with van der Waals surface area (Å²) in [5.41, 5.74) is -13.7. The molecule has 0 bridgehead atoms. The number of hydrogen-bond donors (Lipinski definition) is 0. The summed E-state index contributed by atoms with van der Waals surface area (Å²) in [5, 5.41) is 0. The lowest BCUT2D eigenvalue weighted by Gasteiger charge is -2.50. The highest BCUT2D eigenvalue weighted by atomic mass is 19.4. The smallest absolute Gasteiger partial charge is 0.412 e. The topological polar surface area (TPSA) is 54.0 Å². The summed E-state index contributed by atoms with van der Waals surface area (Å²) in [5.74, 6) is -28.4. The summed E-state index contributed by atoms with van der Waals surface area (Å²) in [6, 6.07) is 0. The Morgan fingerprint density at radius 3 is 0.952 bits per heavy atom. The summed E-state index contributed by atoms with van der Waals surface area (Å²) in [7, 11) is 0. The van der Waals surface area contributed by atoms with Crippen molar-refractivity contribution in [3.05, 3.63) is 69.3 Å². The molecule has 0 spiro atoms. The van der Waals surface area contributed by atoms with E-state index >= 15 is 0 Å². The fraction of sp³-hybridized carbons (Fsp3) is 0.381. The standard InChI is InChI=1S/C21H6F16O5/c22-5-3(6(23)10(27)13(30)9(5)26)15-18(1-39-15,20(32,33)34)41-17(38)42-19(21(35,36)37)2-40-16(19)4-7(24)11(28)14(31)12(29)8(4)25/h15-16H,1-2H2. The first-order chi connectivity index (χ1) is 19.1. The van der Waals surface area contributed by atoms with Gasteiger partial charge in [-0.05, 0) is 0 Å². The second-order valence-electron chi connectivity index (χ2n) is 8.58. The summed E-state index contributed by atoms with van der Waals surface area (Å²) in [4.78, 5) is 12.3. The van der Waals surface area contributed by atoms with Gasteiger partial charge in [-0.15, -0.1) is 0 Å². The zero-order chi connectivity index (χ0) is 31.9. The van der Waals surface area contributed by atoms with Gasteiger partial charge in [-0.25, -0.2) is 48.7 Å². The Balaban J connectivity index is 1.75. The van der Waals surface area contributed by atoms with Gasteiger partial charge >= 0.3 is 18.5 Å². The fourth-order valence-electron chi connectivity index (χ4n) is 4.03. The summed E-state index contributed by atoms with van der Waals surface area (Å²) >= 11 is 0. The Bertz CT molecular complexity index is 1310. The van der Waals surface area contributed by atoms with Crippen LogP contribution in [0.4, 0.5) is 75.0 Å². The molecule has 0 amide bonds.